The summed E-state index contributed by atoms with van der Waals surface area (Å²) in [5.74, 6) is 0.254. The highest BCUT2D eigenvalue weighted by Crippen LogP contribution is 2.26. The van der Waals surface area contributed by atoms with Crippen LogP contribution in [0.4, 0.5) is 5.69 Å². The number of carbonyl (C=O) groups is 1. The van der Waals surface area contributed by atoms with Gasteiger partial charge in [0.2, 0.25) is 0 Å². The van der Waals surface area contributed by atoms with Crippen molar-refractivity contribution in [3.05, 3.63) is 57.5 Å². The van der Waals surface area contributed by atoms with E-state index in [-0.39, 0.29) is 5.91 Å². The smallest absolute Gasteiger partial charge is 0.265 e. The normalized spacial score (nSPS) is 11.8. The number of rotatable bonds is 4. The molecule has 0 bridgehead atoms. The number of hydrogen-bond donors (Lipinski definition) is 1. The minimum absolute atomic E-state index is 0.237. The average Bonchev–Trinajstić information content (AvgIpc) is 2.44. The predicted molar refractivity (Wildman–Crippen MR) is 89.1 cm³/mol. The number of amides is 1. The summed E-state index contributed by atoms with van der Waals surface area (Å²) in [4.78, 5) is 12.2. The molecule has 5 heteroatoms. The number of para-hydroxylation sites is 1. The topological polar surface area (TPSA) is 38.3 Å². The number of halogens is 2. The number of ether oxygens (including phenoxy) is 1. The van der Waals surface area contributed by atoms with Crippen LogP contribution in [0.15, 0.2) is 46.9 Å². The van der Waals surface area contributed by atoms with Gasteiger partial charge in [0.25, 0.3) is 5.91 Å². The number of carbonyl (C=O) groups excluding carboxylic acids is 1. The molecule has 0 aliphatic heterocycles. The second kappa shape index (κ2) is 6.96. The first kappa shape index (κ1) is 15.9. The molecule has 0 fully saturated rings. The Labute approximate surface area is 137 Å². The molecule has 0 heterocycles. The highest BCUT2D eigenvalue weighted by molar-refractivity contribution is 9.10. The van der Waals surface area contributed by atoms with Crippen LogP contribution in [0.3, 0.4) is 0 Å². The summed E-state index contributed by atoms with van der Waals surface area (Å²) in [6.07, 6.45) is -0.655. The Hall–Kier alpha value is -1.52. The molecule has 0 aliphatic rings. The van der Waals surface area contributed by atoms with Gasteiger partial charge >= 0.3 is 0 Å². The van der Waals surface area contributed by atoms with E-state index in [9.17, 15) is 4.79 Å². The summed E-state index contributed by atoms with van der Waals surface area (Å²) in [6.45, 7) is 3.67. The summed E-state index contributed by atoms with van der Waals surface area (Å²) in [5, 5.41) is 3.30. The molecule has 3 nitrogen and oxygen atoms in total. The molecular formula is C16H15BrClNO2. The van der Waals surface area contributed by atoms with Gasteiger partial charge in [-0.05, 0) is 59.6 Å². The van der Waals surface area contributed by atoms with Gasteiger partial charge in [-0.2, -0.15) is 0 Å². The number of nitrogens with one attached hydrogen (secondary N) is 1. The van der Waals surface area contributed by atoms with Crippen LogP contribution in [-0.4, -0.2) is 12.0 Å². The lowest BCUT2D eigenvalue weighted by molar-refractivity contribution is -0.122. The highest BCUT2D eigenvalue weighted by Gasteiger charge is 2.17. The zero-order chi connectivity index (χ0) is 15.4. The van der Waals surface area contributed by atoms with Crippen molar-refractivity contribution in [2.24, 2.45) is 0 Å². The maximum absolute atomic E-state index is 12.2. The molecule has 2 aromatic carbocycles. The Kier molecular flexibility index (Phi) is 5.26. The van der Waals surface area contributed by atoms with Gasteiger partial charge < -0.3 is 10.1 Å². The van der Waals surface area contributed by atoms with Crippen LogP contribution in [-0.2, 0) is 4.79 Å². The lowest BCUT2D eigenvalue weighted by atomic mass is 10.2. The third-order valence-corrected chi connectivity index (χ3v) is 3.86. The zero-order valence-electron chi connectivity index (χ0n) is 11.7. The summed E-state index contributed by atoms with van der Waals surface area (Å²) in [5.41, 5.74) is 1.82. The molecule has 0 aliphatic carbocycles. The Morgan fingerprint density at radius 1 is 1.29 bits per heavy atom. The van der Waals surface area contributed by atoms with Crippen molar-refractivity contribution in [1.29, 1.82) is 0 Å². The molecule has 1 unspecified atom stereocenters. The van der Waals surface area contributed by atoms with Crippen molar-refractivity contribution in [1.82, 2.24) is 0 Å². The Morgan fingerprint density at radius 2 is 2.00 bits per heavy atom. The summed E-state index contributed by atoms with van der Waals surface area (Å²) < 4.78 is 6.42. The van der Waals surface area contributed by atoms with Crippen molar-refractivity contribution >= 4 is 39.1 Å². The fourth-order valence-electron chi connectivity index (χ4n) is 1.74. The minimum atomic E-state index is -0.655. The number of hydrogen-bond acceptors (Lipinski definition) is 2. The molecule has 0 aromatic heterocycles. The second-order valence-corrected chi connectivity index (χ2v) is 5.92. The molecule has 0 saturated carbocycles. The van der Waals surface area contributed by atoms with E-state index in [0.717, 1.165) is 10.0 Å². The Balaban J connectivity index is 2.04. The second-order valence-electron chi connectivity index (χ2n) is 4.66. The quantitative estimate of drug-likeness (QED) is 0.840. The van der Waals surface area contributed by atoms with Crippen molar-refractivity contribution in [2.45, 2.75) is 20.0 Å². The van der Waals surface area contributed by atoms with Gasteiger partial charge in [0, 0.05) is 4.47 Å². The summed E-state index contributed by atoms with van der Waals surface area (Å²) in [6, 6.07) is 12.8. The number of anilines is 1. The standard InChI is InChI=1S/C16H15BrClNO2/c1-10-7-8-14(12(17)9-10)19-16(20)11(2)21-15-6-4-3-5-13(15)18/h3-9,11H,1-2H3,(H,19,20). The monoisotopic (exact) mass is 367 g/mol. The first-order chi connectivity index (χ1) is 9.97. The van der Waals surface area contributed by atoms with Gasteiger partial charge in [-0.15, -0.1) is 0 Å². The molecule has 110 valence electrons. The third-order valence-electron chi connectivity index (χ3n) is 2.89. The average molecular weight is 369 g/mol. The van der Waals surface area contributed by atoms with E-state index in [2.05, 4.69) is 21.2 Å². The molecule has 0 spiro atoms. The maximum atomic E-state index is 12.2. The first-order valence-corrected chi connectivity index (χ1v) is 7.62. The molecule has 0 saturated heterocycles. The largest absolute Gasteiger partial charge is 0.479 e. The lowest BCUT2D eigenvalue weighted by Crippen LogP contribution is -2.30. The van der Waals surface area contributed by atoms with Gasteiger partial charge in [0.15, 0.2) is 6.10 Å². The van der Waals surface area contributed by atoms with E-state index < -0.39 is 6.10 Å². The van der Waals surface area contributed by atoms with Crippen LogP contribution < -0.4 is 10.1 Å². The van der Waals surface area contributed by atoms with Gasteiger partial charge in [0.1, 0.15) is 5.75 Å². The molecule has 21 heavy (non-hydrogen) atoms. The molecule has 1 atom stereocenters. The first-order valence-electron chi connectivity index (χ1n) is 6.45. The van der Waals surface area contributed by atoms with Crippen molar-refractivity contribution in [3.8, 4) is 5.75 Å². The molecular weight excluding hydrogens is 354 g/mol. The van der Waals surface area contributed by atoms with Crippen LogP contribution in [0.1, 0.15) is 12.5 Å². The third kappa shape index (κ3) is 4.22. The van der Waals surface area contributed by atoms with Crippen LogP contribution >= 0.6 is 27.5 Å². The molecule has 1 N–H and O–H groups in total. The molecule has 0 radical (unpaired) electrons. The van der Waals surface area contributed by atoms with E-state index in [1.165, 1.54) is 0 Å². The molecule has 1 amide bonds. The lowest BCUT2D eigenvalue weighted by Gasteiger charge is -2.16. The molecule has 2 aromatic rings. The van der Waals surface area contributed by atoms with Crippen LogP contribution in [0.25, 0.3) is 0 Å². The Bertz CT molecular complexity index is 660. The van der Waals surface area contributed by atoms with Crippen molar-refractivity contribution < 1.29 is 9.53 Å². The van der Waals surface area contributed by atoms with E-state index >= 15 is 0 Å². The van der Waals surface area contributed by atoms with Crippen LogP contribution in [0.2, 0.25) is 5.02 Å². The van der Waals surface area contributed by atoms with E-state index in [4.69, 9.17) is 16.3 Å². The fraction of sp³-hybridized carbons (Fsp3) is 0.188. The highest BCUT2D eigenvalue weighted by atomic mass is 79.9. The van der Waals surface area contributed by atoms with Gasteiger partial charge in [0.05, 0.1) is 10.7 Å². The van der Waals surface area contributed by atoms with Crippen LogP contribution in [0, 0.1) is 6.92 Å². The van der Waals surface area contributed by atoms with Crippen molar-refractivity contribution in [2.75, 3.05) is 5.32 Å². The van der Waals surface area contributed by atoms with Gasteiger partial charge in [-0.3, -0.25) is 4.79 Å². The Morgan fingerprint density at radius 3 is 2.67 bits per heavy atom. The van der Waals surface area contributed by atoms with Gasteiger partial charge in [-0.25, -0.2) is 0 Å². The van der Waals surface area contributed by atoms with Crippen molar-refractivity contribution in [3.63, 3.8) is 0 Å². The van der Waals surface area contributed by atoms with Gasteiger partial charge in [-0.1, -0.05) is 29.8 Å². The minimum Gasteiger partial charge on any atom is -0.479 e. The van der Waals surface area contributed by atoms with E-state index in [0.29, 0.717) is 16.5 Å². The summed E-state index contributed by atoms with van der Waals surface area (Å²) in [7, 11) is 0. The summed E-state index contributed by atoms with van der Waals surface area (Å²) >= 11 is 9.44. The molecule has 2 rings (SSSR count). The SMILES string of the molecule is Cc1ccc(NC(=O)C(C)Oc2ccccc2Cl)c(Br)c1. The zero-order valence-corrected chi connectivity index (χ0v) is 14.0. The van der Waals surface area contributed by atoms with E-state index in [1.807, 2.05) is 37.3 Å². The number of aryl methyl sites for hydroxylation is 1. The fourth-order valence-corrected chi connectivity index (χ4v) is 2.51. The predicted octanol–water partition coefficient (Wildman–Crippen LogP) is 4.82. The number of benzene rings is 2. The van der Waals surface area contributed by atoms with Crippen LogP contribution in [0.5, 0.6) is 5.75 Å². The maximum Gasteiger partial charge on any atom is 0.265 e. The van der Waals surface area contributed by atoms with E-state index in [1.54, 1.807) is 19.1 Å².